The zero-order valence-corrected chi connectivity index (χ0v) is 10.4. The van der Waals surface area contributed by atoms with Gasteiger partial charge in [0.2, 0.25) is 5.91 Å². The molecule has 1 saturated heterocycles. The molecule has 1 heterocycles. The van der Waals surface area contributed by atoms with Crippen LogP contribution in [0.2, 0.25) is 0 Å². The standard InChI is InChI=1S/C11H22N2O3/c1-12(2)8-11(15)5-6-13(9-11)10(14)4-7-16-3/h15H,4-9H2,1-3H3/t11-/m1/s1. The zero-order valence-electron chi connectivity index (χ0n) is 10.4. The van der Waals surface area contributed by atoms with Gasteiger partial charge in [-0.05, 0) is 20.5 Å². The molecule has 5 heteroatoms. The number of nitrogens with zero attached hydrogens (tertiary/aromatic N) is 2. The first-order valence-electron chi connectivity index (χ1n) is 5.61. The lowest BCUT2D eigenvalue weighted by Crippen LogP contribution is -2.43. The summed E-state index contributed by atoms with van der Waals surface area (Å²) in [6, 6.07) is 0. The summed E-state index contributed by atoms with van der Waals surface area (Å²) in [5, 5.41) is 10.2. The van der Waals surface area contributed by atoms with Gasteiger partial charge in [-0.15, -0.1) is 0 Å². The fourth-order valence-corrected chi connectivity index (χ4v) is 2.13. The number of likely N-dealkylation sites (N-methyl/N-ethyl adjacent to an activating group) is 1. The topological polar surface area (TPSA) is 53.0 Å². The zero-order chi connectivity index (χ0) is 12.2. The van der Waals surface area contributed by atoms with Gasteiger partial charge in [-0.3, -0.25) is 4.79 Å². The number of ether oxygens (including phenoxy) is 1. The van der Waals surface area contributed by atoms with Crippen LogP contribution in [-0.4, -0.2) is 73.9 Å². The van der Waals surface area contributed by atoms with Crippen LogP contribution in [0.3, 0.4) is 0 Å². The van der Waals surface area contributed by atoms with E-state index in [1.807, 2.05) is 19.0 Å². The predicted octanol–water partition coefficient (Wildman–Crippen LogP) is -0.452. The van der Waals surface area contributed by atoms with Crippen molar-refractivity contribution in [1.82, 2.24) is 9.80 Å². The lowest BCUT2D eigenvalue weighted by atomic mass is 10.0. The number of aliphatic hydroxyl groups is 1. The molecule has 1 amide bonds. The molecule has 0 aromatic rings. The highest BCUT2D eigenvalue weighted by atomic mass is 16.5. The Hall–Kier alpha value is -0.650. The Bertz CT molecular complexity index is 245. The molecule has 1 aliphatic heterocycles. The van der Waals surface area contributed by atoms with Crippen molar-refractivity contribution in [2.24, 2.45) is 0 Å². The number of hydrogen-bond acceptors (Lipinski definition) is 4. The van der Waals surface area contributed by atoms with Crippen molar-refractivity contribution >= 4 is 5.91 Å². The Morgan fingerprint density at radius 1 is 1.56 bits per heavy atom. The third-order valence-electron chi connectivity index (χ3n) is 2.82. The van der Waals surface area contributed by atoms with Gasteiger partial charge in [-0.1, -0.05) is 0 Å². The molecule has 0 aromatic heterocycles. The van der Waals surface area contributed by atoms with Crippen molar-refractivity contribution in [1.29, 1.82) is 0 Å². The maximum Gasteiger partial charge on any atom is 0.224 e. The van der Waals surface area contributed by atoms with E-state index >= 15 is 0 Å². The summed E-state index contributed by atoms with van der Waals surface area (Å²) < 4.78 is 4.87. The average molecular weight is 230 g/mol. The summed E-state index contributed by atoms with van der Waals surface area (Å²) >= 11 is 0. The number of methoxy groups -OCH3 is 1. The minimum atomic E-state index is -0.744. The van der Waals surface area contributed by atoms with Crippen LogP contribution in [0.1, 0.15) is 12.8 Å². The number of carbonyl (C=O) groups is 1. The second-order valence-corrected chi connectivity index (χ2v) is 4.77. The molecule has 5 nitrogen and oxygen atoms in total. The van der Waals surface area contributed by atoms with Crippen LogP contribution < -0.4 is 0 Å². The Morgan fingerprint density at radius 2 is 2.25 bits per heavy atom. The highest BCUT2D eigenvalue weighted by Crippen LogP contribution is 2.22. The van der Waals surface area contributed by atoms with Crippen LogP contribution in [-0.2, 0) is 9.53 Å². The normalized spacial score (nSPS) is 25.4. The molecule has 1 atom stereocenters. The van der Waals surface area contributed by atoms with Gasteiger partial charge in [0.25, 0.3) is 0 Å². The van der Waals surface area contributed by atoms with Crippen LogP contribution in [0, 0.1) is 0 Å². The van der Waals surface area contributed by atoms with E-state index in [9.17, 15) is 9.90 Å². The first-order chi connectivity index (χ1) is 7.47. The van der Waals surface area contributed by atoms with E-state index in [-0.39, 0.29) is 5.91 Å². The van der Waals surface area contributed by atoms with E-state index in [1.54, 1.807) is 12.0 Å². The summed E-state index contributed by atoms with van der Waals surface area (Å²) in [5.74, 6) is 0.0662. The van der Waals surface area contributed by atoms with E-state index < -0.39 is 5.60 Å². The van der Waals surface area contributed by atoms with Crippen LogP contribution in [0.5, 0.6) is 0 Å². The molecule has 0 unspecified atom stereocenters. The lowest BCUT2D eigenvalue weighted by Gasteiger charge is -2.26. The number of rotatable bonds is 5. The SMILES string of the molecule is COCCC(=O)N1CC[C@@](O)(CN(C)C)C1. The van der Waals surface area contributed by atoms with Crippen molar-refractivity contribution in [2.75, 3.05) is 47.4 Å². The molecular formula is C11H22N2O3. The van der Waals surface area contributed by atoms with Gasteiger partial charge in [0.05, 0.1) is 25.2 Å². The van der Waals surface area contributed by atoms with Crippen LogP contribution >= 0.6 is 0 Å². The molecular weight excluding hydrogens is 208 g/mol. The molecule has 1 aliphatic rings. The van der Waals surface area contributed by atoms with Crippen LogP contribution in [0.15, 0.2) is 0 Å². The first-order valence-corrected chi connectivity index (χ1v) is 5.61. The van der Waals surface area contributed by atoms with Crippen LogP contribution in [0.25, 0.3) is 0 Å². The maximum absolute atomic E-state index is 11.7. The summed E-state index contributed by atoms with van der Waals surface area (Å²) in [6.07, 6.45) is 1.05. The molecule has 1 rings (SSSR count). The van der Waals surface area contributed by atoms with Gasteiger partial charge in [0, 0.05) is 20.2 Å². The van der Waals surface area contributed by atoms with Gasteiger partial charge in [0.1, 0.15) is 0 Å². The number of likely N-dealkylation sites (tertiary alicyclic amines) is 1. The Balaban J connectivity index is 2.42. The fourth-order valence-electron chi connectivity index (χ4n) is 2.13. The van der Waals surface area contributed by atoms with E-state index in [4.69, 9.17) is 4.74 Å². The maximum atomic E-state index is 11.7. The highest BCUT2D eigenvalue weighted by molar-refractivity contribution is 5.76. The van der Waals surface area contributed by atoms with Gasteiger partial charge in [0.15, 0.2) is 0 Å². The quantitative estimate of drug-likeness (QED) is 0.695. The van der Waals surface area contributed by atoms with Crippen molar-refractivity contribution in [3.05, 3.63) is 0 Å². The molecule has 0 spiro atoms. The summed E-state index contributed by atoms with van der Waals surface area (Å²) in [4.78, 5) is 15.4. The second kappa shape index (κ2) is 5.61. The van der Waals surface area contributed by atoms with E-state index in [2.05, 4.69) is 0 Å². The summed E-state index contributed by atoms with van der Waals surface area (Å²) in [5.41, 5.74) is -0.744. The van der Waals surface area contributed by atoms with Gasteiger partial charge in [-0.25, -0.2) is 0 Å². The lowest BCUT2D eigenvalue weighted by molar-refractivity contribution is -0.132. The molecule has 94 valence electrons. The average Bonchev–Trinajstić information content (AvgIpc) is 2.55. The molecule has 0 bridgehead atoms. The second-order valence-electron chi connectivity index (χ2n) is 4.77. The van der Waals surface area contributed by atoms with Crippen molar-refractivity contribution < 1.29 is 14.6 Å². The van der Waals surface area contributed by atoms with Crippen molar-refractivity contribution in [3.8, 4) is 0 Å². The van der Waals surface area contributed by atoms with Crippen LogP contribution in [0.4, 0.5) is 0 Å². The van der Waals surface area contributed by atoms with E-state index in [0.29, 0.717) is 39.1 Å². The molecule has 0 aromatic carbocycles. The van der Waals surface area contributed by atoms with Gasteiger partial charge >= 0.3 is 0 Å². The van der Waals surface area contributed by atoms with Crippen molar-refractivity contribution in [2.45, 2.75) is 18.4 Å². The minimum Gasteiger partial charge on any atom is -0.387 e. The molecule has 0 saturated carbocycles. The molecule has 0 radical (unpaired) electrons. The molecule has 1 fully saturated rings. The van der Waals surface area contributed by atoms with Crippen molar-refractivity contribution in [3.63, 3.8) is 0 Å². The summed E-state index contributed by atoms with van der Waals surface area (Å²) in [7, 11) is 5.43. The minimum absolute atomic E-state index is 0.0662. The van der Waals surface area contributed by atoms with Gasteiger partial charge < -0.3 is 19.6 Å². The summed E-state index contributed by atoms with van der Waals surface area (Å²) in [6.45, 7) is 2.13. The smallest absolute Gasteiger partial charge is 0.224 e. The largest absolute Gasteiger partial charge is 0.387 e. The first kappa shape index (κ1) is 13.4. The Kier molecular flexibility index (Phi) is 4.70. The fraction of sp³-hybridized carbons (Fsp3) is 0.909. The third kappa shape index (κ3) is 3.73. The van der Waals surface area contributed by atoms with E-state index in [0.717, 1.165) is 0 Å². The number of β-amino-alcohol motifs (C(OH)–C–C–N with tert-alkyl or cyclic N) is 1. The highest BCUT2D eigenvalue weighted by Gasteiger charge is 2.38. The molecule has 16 heavy (non-hydrogen) atoms. The predicted molar refractivity (Wildman–Crippen MR) is 61.2 cm³/mol. The van der Waals surface area contributed by atoms with Gasteiger partial charge in [-0.2, -0.15) is 0 Å². The molecule has 0 aliphatic carbocycles. The molecule has 1 N–H and O–H groups in total. The number of amides is 1. The number of hydrogen-bond donors (Lipinski definition) is 1. The monoisotopic (exact) mass is 230 g/mol. The van der Waals surface area contributed by atoms with E-state index in [1.165, 1.54) is 0 Å². The number of carbonyl (C=O) groups excluding carboxylic acids is 1. The third-order valence-corrected chi connectivity index (χ3v) is 2.82. The Morgan fingerprint density at radius 3 is 2.81 bits per heavy atom. The Labute approximate surface area is 97.0 Å².